The fraction of sp³-hybridized carbons (Fsp3) is 0.167. The predicted molar refractivity (Wildman–Crippen MR) is 84.7 cm³/mol. The average Bonchev–Trinajstić information content (AvgIpc) is 3.12. The molecule has 0 unspecified atom stereocenters. The van der Waals surface area contributed by atoms with Crippen molar-refractivity contribution in [2.24, 2.45) is 0 Å². The first kappa shape index (κ1) is 17.2. The van der Waals surface area contributed by atoms with E-state index in [0.717, 1.165) is 21.1 Å². The zero-order chi connectivity index (χ0) is 17.3. The largest absolute Gasteiger partial charge is 0.433 e. The Hall–Kier alpha value is -1.66. The van der Waals surface area contributed by atoms with Gasteiger partial charge in [-0.2, -0.15) is 18.2 Å². The molecule has 3 heterocycles. The van der Waals surface area contributed by atoms with E-state index in [0.29, 0.717) is 11.9 Å². The van der Waals surface area contributed by atoms with Crippen molar-refractivity contribution in [2.45, 2.75) is 17.1 Å². The number of hydrogen-bond donors (Lipinski definition) is 1. The van der Waals surface area contributed by atoms with E-state index in [1.54, 1.807) is 0 Å². The lowest BCUT2D eigenvalue weighted by atomic mass is 10.4. The van der Waals surface area contributed by atoms with E-state index >= 15 is 0 Å². The van der Waals surface area contributed by atoms with Crippen molar-refractivity contribution in [2.75, 3.05) is 0 Å². The van der Waals surface area contributed by atoms with Crippen molar-refractivity contribution in [1.82, 2.24) is 20.1 Å². The van der Waals surface area contributed by atoms with E-state index < -0.39 is 17.4 Å². The Morgan fingerprint density at radius 2 is 2.12 bits per heavy atom. The number of H-pyrrole nitrogens is 1. The molecule has 0 amide bonds. The van der Waals surface area contributed by atoms with E-state index in [1.165, 1.54) is 11.3 Å². The predicted octanol–water partition coefficient (Wildman–Crippen LogP) is 3.96. The highest BCUT2D eigenvalue weighted by molar-refractivity contribution is 9.10. The van der Waals surface area contributed by atoms with Crippen LogP contribution in [0.1, 0.15) is 11.6 Å². The van der Waals surface area contributed by atoms with Gasteiger partial charge in [0.25, 0.3) is 5.56 Å². The summed E-state index contributed by atoms with van der Waals surface area (Å²) in [5.41, 5.74) is -2.13. The third kappa shape index (κ3) is 4.05. The first-order chi connectivity index (χ1) is 11.3. The van der Waals surface area contributed by atoms with E-state index in [2.05, 4.69) is 36.0 Å². The van der Waals surface area contributed by atoms with Gasteiger partial charge in [0.2, 0.25) is 11.7 Å². The molecule has 0 radical (unpaired) electrons. The molecule has 0 saturated heterocycles. The lowest BCUT2D eigenvalue weighted by molar-refractivity contribution is -0.141. The molecule has 0 aliphatic rings. The number of halogens is 4. The van der Waals surface area contributed by atoms with Crippen LogP contribution in [0.15, 0.2) is 36.5 Å². The Morgan fingerprint density at radius 1 is 1.33 bits per heavy atom. The molecule has 0 aromatic carbocycles. The summed E-state index contributed by atoms with van der Waals surface area (Å²) < 4.78 is 43.8. The van der Waals surface area contributed by atoms with E-state index in [1.807, 2.05) is 11.4 Å². The van der Waals surface area contributed by atoms with Crippen LogP contribution in [0, 0.1) is 0 Å². The summed E-state index contributed by atoms with van der Waals surface area (Å²) >= 11 is 5.59. The first-order valence-electron chi connectivity index (χ1n) is 6.19. The van der Waals surface area contributed by atoms with Crippen molar-refractivity contribution in [3.05, 3.63) is 43.9 Å². The second kappa shape index (κ2) is 6.69. The standard InChI is InChI=1S/C12H6BrF3N4O2S2/c13-5-1-6(23-3-5)10-19-9(22-20-10)4-24-11-17-7(12(14,15)16)2-8(21)18-11/h1-3H,4H2,(H,17,18,21). The molecule has 1 N–H and O–H groups in total. The van der Waals surface area contributed by atoms with Gasteiger partial charge in [-0.25, -0.2) is 4.98 Å². The molecule has 0 atom stereocenters. The van der Waals surface area contributed by atoms with Gasteiger partial charge >= 0.3 is 6.18 Å². The Morgan fingerprint density at radius 3 is 2.79 bits per heavy atom. The molecule has 12 heteroatoms. The minimum absolute atomic E-state index is 0.0732. The molecule has 0 aliphatic heterocycles. The summed E-state index contributed by atoms with van der Waals surface area (Å²) in [4.78, 5) is 21.8. The quantitative estimate of drug-likeness (QED) is 0.490. The highest BCUT2D eigenvalue weighted by Gasteiger charge is 2.33. The maximum Gasteiger partial charge on any atom is 0.433 e. The highest BCUT2D eigenvalue weighted by atomic mass is 79.9. The van der Waals surface area contributed by atoms with Crippen LogP contribution < -0.4 is 5.56 Å². The van der Waals surface area contributed by atoms with Crippen molar-refractivity contribution in [3.63, 3.8) is 0 Å². The van der Waals surface area contributed by atoms with Crippen LogP contribution in [0.4, 0.5) is 13.2 Å². The van der Waals surface area contributed by atoms with Crippen LogP contribution in [0.2, 0.25) is 0 Å². The number of alkyl halides is 3. The molecule has 6 nitrogen and oxygen atoms in total. The number of nitrogens with zero attached hydrogens (tertiary/aromatic N) is 3. The van der Waals surface area contributed by atoms with Crippen molar-refractivity contribution >= 4 is 39.0 Å². The van der Waals surface area contributed by atoms with Crippen LogP contribution in [-0.4, -0.2) is 20.1 Å². The van der Waals surface area contributed by atoms with Gasteiger partial charge < -0.3 is 9.51 Å². The summed E-state index contributed by atoms with van der Waals surface area (Å²) in [5.74, 6) is 0.662. The van der Waals surface area contributed by atoms with Gasteiger partial charge in [-0.15, -0.1) is 11.3 Å². The number of rotatable bonds is 4. The van der Waals surface area contributed by atoms with E-state index in [9.17, 15) is 18.0 Å². The molecule has 3 aromatic heterocycles. The molecule has 0 fully saturated rings. The molecule has 126 valence electrons. The summed E-state index contributed by atoms with van der Waals surface area (Å²) in [6, 6.07) is 2.22. The maximum absolute atomic E-state index is 12.6. The topological polar surface area (TPSA) is 84.7 Å². The lowest BCUT2D eigenvalue weighted by Gasteiger charge is -2.06. The summed E-state index contributed by atoms with van der Waals surface area (Å²) in [5, 5.41) is 5.49. The van der Waals surface area contributed by atoms with Gasteiger partial charge in [0.15, 0.2) is 10.9 Å². The number of thiophene rings is 1. The van der Waals surface area contributed by atoms with Gasteiger partial charge in [0, 0.05) is 15.9 Å². The fourth-order valence-corrected chi connectivity index (χ4v) is 3.69. The molecule has 0 spiro atoms. The van der Waals surface area contributed by atoms with Gasteiger partial charge in [0.1, 0.15) is 0 Å². The number of nitrogens with one attached hydrogen (secondary N) is 1. The molecule has 3 rings (SSSR count). The molecular formula is C12H6BrF3N4O2S2. The van der Waals surface area contributed by atoms with Crippen LogP contribution in [0.25, 0.3) is 10.7 Å². The van der Waals surface area contributed by atoms with Gasteiger partial charge in [-0.1, -0.05) is 16.9 Å². The summed E-state index contributed by atoms with van der Waals surface area (Å²) in [7, 11) is 0. The van der Waals surface area contributed by atoms with Gasteiger partial charge in [-0.05, 0) is 22.0 Å². The van der Waals surface area contributed by atoms with Crippen LogP contribution in [-0.2, 0) is 11.9 Å². The Kier molecular flexibility index (Phi) is 4.78. The monoisotopic (exact) mass is 438 g/mol. The molecule has 3 aromatic rings. The zero-order valence-corrected chi connectivity index (χ0v) is 14.6. The number of hydrogen-bond acceptors (Lipinski definition) is 7. The molecule has 0 aliphatic carbocycles. The smallest absolute Gasteiger partial charge is 0.338 e. The van der Waals surface area contributed by atoms with E-state index in [-0.39, 0.29) is 16.8 Å². The van der Waals surface area contributed by atoms with Crippen molar-refractivity contribution in [1.29, 1.82) is 0 Å². The normalized spacial score (nSPS) is 11.8. The van der Waals surface area contributed by atoms with Crippen LogP contribution >= 0.6 is 39.0 Å². The number of aromatic nitrogens is 4. The average molecular weight is 439 g/mol. The van der Waals surface area contributed by atoms with Crippen LogP contribution in [0.3, 0.4) is 0 Å². The second-order valence-corrected chi connectivity index (χ2v) is 7.15. The van der Waals surface area contributed by atoms with Gasteiger partial charge in [0.05, 0.1) is 10.6 Å². The second-order valence-electron chi connectivity index (χ2n) is 4.36. The highest BCUT2D eigenvalue weighted by Crippen LogP contribution is 2.30. The molecular weight excluding hydrogens is 433 g/mol. The lowest BCUT2D eigenvalue weighted by Crippen LogP contribution is -2.16. The number of aromatic amines is 1. The molecule has 0 bridgehead atoms. The summed E-state index contributed by atoms with van der Waals surface area (Å²) in [6.07, 6.45) is -4.69. The minimum Gasteiger partial charge on any atom is -0.338 e. The van der Waals surface area contributed by atoms with Gasteiger partial charge in [-0.3, -0.25) is 4.79 Å². The maximum atomic E-state index is 12.6. The zero-order valence-electron chi connectivity index (χ0n) is 11.4. The third-order valence-electron chi connectivity index (χ3n) is 2.60. The van der Waals surface area contributed by atoms with Crippen LogP contribution in [0.5, 0.6) is 0 Å². The molecule has 0 saturated carbocycles. The summed E-state index contributed by atoms with van der Waals surface area (Å²) in [6.45, 7) is 0. The van der Waals surface area contributed by atoms with E-state index in [4.69, 9.17) is 4.52 Å². The van der Waals surface area contributed by atoms with Crippen molar-refractivity contribution in [3.8, 4) is 10.7 Å². The first-order valence-corrected chi connectivity index (χ1v) is 8.85. The third-order valence-corrected chi connectivity index (χ3v) is 5.14. The number of thioether (sulfide) groups is 1. The Balaban J connectivity index is 1.74. The minimum atomic E-state index is -4.69. The Bertz CT molecular complexity index is 921. The SMILES string of the molecule is O=c1cc(C(F)(F)F)nc(SCc2nc(-c3cc(Br)cs3)no2)[nH]1. The Labute approximate surface area is 148 Å². The fourth-order valence-electron chi connectivity index (χ4n) is 1.62. The molecule has 24 heavy (non-hydrogen) atoms. The van der Waals surface area contributed by atoms with Crippen molar-refractivity contribution < 1.29 is 17.7 Å².